The predicted molar refractivity (Wildman–Crippen MR) is 57.0 cm³/mol. The van der Waals surface area contributed by atoms with Gasteiger partial charge in [-0.1, -0.05) is 13.8 Å². The van der Waals surface area contributed by atoms with Crippen molar-refractivity contribution in [3.63, 3.8) is 0 Å². The highest BCUT2D eigenvalue weighted by molar-refractivity contribution is 5.78. The highest BCUT2D eigenvalue weighted by Crippen LogP contribution is 2.13. The molecular weight excluding hydrogens is 218 g/mol. The van der Waals surface area contributed by atoms with Crippen LogP contribution in [0.25, 0.3) is 0 Å². The van der Waals surface area contributed by atoms with Crippen LogP contribution in [0, 0.1) is 11.8 Å². The normalized spacial score (nSPS) is 13.9. The number of aliphatic hydroxyl groups is 1. The number of alkyl halides is 2. The number of carbonyl (C=O) groups is 1. The molecule has 0 fully saturated rings. The van der Waals surface area contributed by atoms with E-state index < -0.39 is 30.9 Å². The highest BCUT2D eigenvalue weighted by Gasteiger charge is 2.29. The van der Waals surface area contributed by atoms with E-state index in [-0.39, 0.29) is 12.5 Å². The number of nitrogens with one attached hydrogen (secondary N) is 1. The Kier molecular flexibility index (Phi) is 6.43. The number of rotatable bonds is 7. The van der Waals surface area contributed by atoms with Gasteiger partial charge in [0.25, 0.3) is 5.92 Å². The molecule has 4 N–H and O–H groups in total. The molecule has 0 aliphatic carbocycles. The maximum atomic E-state index is 12.6. The molecule has 0 saturated heterocycles. The highest BCUT2D eigenvalue weighted by atomic mass is 19.3. The second kappa shape index (κ2) is 6.75. The van der Waals surface area contributed by atoms with E-state index in [1.54, 1.807) is 0 Å². The van der Waals surface area contributed by atoms with Gasteiger partial charge < -0.3 is 16.2 Å². The summed E-state index contributed by atoms with van der Waals surface area (Å²) in [5, 5.41) is 10.4. The van der Waals surface area contributed by atoms with Crippen molar-refractivity contribution >= 4 is 5.91 Å². The minimum Gasteiger partial charge on any atom is -0.390 e. The van der Waals surface area contributed by atoms with E-state index in [2.05, 4.69) is 5.32 Å². The number of aliphatic hydroxyl groups excluding tert-OH is 1. The van der Waals surface area contributed by atoms with Crippen molar-refractivity contribution in [3.05, 3.63) is 0 Å². The SMILES string of the molecule is CC(C)CC(CN)C(=O)NCC(F)(F)CO. The average molecular weight is 238 g/mol. The summed E-state index contributed by atoms with van der Waals surface area (Å²) in [6.45, 7) is 1.87. The maximum absolute atomic E-state index is 12.6. The van der Waals surface area contributed by atoms with Crippen LogP contribution in [0.2, 0.25) is 0 Å². The molecule has 0 rings (SSSR count). The molecule has 0 aliphatic rings. The van der Waals surface area contributed by atoms with Crippen molar-refractivity contribution in [1.29, 1.82) is 0 Å². The summed E-state index contributed by atoms with van der Waals surface area (Å²) < 4.78 is 25.3. The molecule has 0 aromatic rings. The van der Waals surface area contributed by atoms with Crippen molar-refractivity contribution < 1.29 is 18.7 Å². The van der Waals surface area contributed by atoms with Crippen LogP contribution < -0.4 is 11.1 Å². The van der Waals surface area contributed by atoms with E-state index in [0.717, 1.165) is 0 Å². The number of nitrogens with two attached hydrogens (primary N) is 1. The van der Waals surface area contributed by atoms with Crippen LogP contribution in [0.3, 0.4) is 0 Å². The Labute approximate surface area is 94.2 Å². The number of carbonyl (C=O) groups excluding carboxylic acids is 1. The zero-order valence-corrected chi connectivity index (χ0v) is 9.67. The Morgan fingerprint density at radius 3 is 2.44 bits per heavy atom. The molecule has 0 spiro atoms. The van der Waals surface area contributed by atoms with Gasteiger partial charge >= 0.3 is 0 Å². The van der Waals surface area contributed by atoms with Crippen LogP contribution in [0.5, 0.6) is 0 Å². The molecule has 16 heavy (non-hydrogen) atoms. The van der Waals surface area contributed by atoms with Crippen molar-refractivity contribution in [2.75, 3.05) is 19.7 Å². The fraction of sp³-hybridized carbons (Fsp3) is 0.900. The molecular formula is C10H20F2N2O2. The summed E-state index contributed by atoms with van der Waals surface area (Å²) in [6, 6.07) is 0. The van der Waals surface area contributed by atoms with Crippen LogP contribution in [0.15, 0.2) is 0 Å². The lowest BCUT2D eigenvalue weighted by Crippen LogP contribution is -2.43. The van der Waals surface area contributed by atoms with Gasteiger partial charge in [-0.05, 0) is 12.3 Å². The van der Waals surface area contributed by atoms with E-state index in [0.29, 0.717) is 6.42 Å². The van der Waals surface area contributed by atoms with Crippen molar-refractivity contribution in [1.82, 2.24) is 5.32 Å². The van der Waals surface area contributed by atoms with Crippen LogP contribution >= 0.6 is 0 Å². The lowest BCUT2D eigenvalue weighted by atomic mass is 9.96. The molecule has 96 valence electrons. The van der Waals surface area contributed by atoms with Crippen LogP contribution in [0.1, 0.15) is 20.3 Å². The van der Waals surface area contributed by atoms with Crippen LogP contribution in [0.4, 0.5) is 8.78 Å². The monoisotopic (exact) mass is 238 g/mol. The molecule has 1 atom stereocenters. The predicted octanol–water partition coefficient (Wildman–Crippen LogP) is 0.351. The standard InChI is InChI=1S/C10H20F2N2O2/c1-7(2)3-8(4-13)9(16)14-5-10(11,12)6-15/h7-8,15H,3-6,13H2,1-2H3,(H,14,16). The molecule has 0 aromatic heterocycles. The van der Waals surface area contributed by atoms with Crippen LogP contribution in [-0.2, 0) is 4.79 Å². The summed E-state index contributed by atoms with van der Waals surface area (Å²) in [4.78, 5) is 11.5. The van der Waals surface area contributed by atoms with Crippen molar-refractivity contribution in [2.45, 2.75) is 26.2 Å². The topological polar surface area (TPSA) is 75.4 Å². The van der Waals surface area contributed by atoms with Crippen molar-refractivity contribution in [2.24, 2.45) is 17.6 Å². The Balaban J connectivity index is 4.12. The zero-order chi connectivity index (χ0) is 12.8. The first-order valence-electron chi connectivity index (χ1n) is 5.29. The Morgan fingerprint density at radius 1 is 1.50 bits per heavy atom. The molecule has 1 amide bonds. The fourth-order valence-electron chi connectivity index (χ4n) is 1.30. The van der Waals surface area contributed by atoms with E-state index in [9.17, 15) is 13.6 Å². The maximum Gasteiger partial charge on any atom is 0.287 e. The molecule has 4 nitrogen and oxygen atoms in total. The number of amides is 1. The molecule has 0 aromatic carbocycles. The Morgan fingerprint density at radius 2 is 2.06 bits per heavy atom. The molecule has 0 saturated carbocycles. The fourth-order valence-corrected chi connectivity index (χ4v) is 1.30. The van der Waals surface area contributed by atoms with E-state index >= 15 is 0 Å². The molecule has 0 aliphatic heterocycles. The second-order valence-corrected chi connectivity index (χ2v) is 4.29. The number of hydrogen-bond acceptors (Lipinski definition) is 3. The van der Waals surface area contributed by atoms with E-state index in [4.69, 9.17) is 10.8 Å². The van der Waals surface area contributed by atoms with Gasteiger partial charge in [-0.25, -0.2) is 8.78 Å². The summed E-state index contributed by atoms with van der Waals surface area (Å²) >= 11 is 0. The Hall–Kier alpha value is -0.750. The quantitative estimate of drug-likeness (QED) is 0.599. The third-order valence-corrected chi connectivity index (χ3v) is 2.16. The van der Waals surface area contributed by atoms with Gasteiger partial charge in [0.15, 0.2) is 0 Å². The van der Waals surface area contributed by atoms with Gasteiger partial charge in [0.1, 0.15) is 6.61 Å². The smallest absolute Gasteiger partial charge is 0.287 e. The average Bonchev–Trinajstić information content (AvgIpc) is 2.22. The summed E-state index contributed by atoms with van der Waals surface area (Å²) in [7, 11) is 0. The first-order valence-corrected chi connectivity index (χ1v) is 5.29. The molecule has 6 heteroatoms. The number of halogens is 2. The molecule has 0 bridgehead atoms. The minimum atomic E-state index is -3.27. The van der Waals surface area contributed by atoms with Crippen molar-refractivity contribution in [3.8, 4) is 0 Å². The zero-order valence-electron chi connectivity index (χ0n) is 9.67. The largest absolute Gasteiger partial charge is 0.390 e. The number of hydrogen-bond donors (Lipinski definition) is 3. The van der Waals surface area contributed by atoms with E-state index in [1.807, 2.05) is 13.8 Å². The van der Waals surface area contributed by atoms with Gasteiger partial charge in [0.05, 0.1) is 12.5 Å². The van der Waals surface area contributed by atoms with Gasteiger partial charge in [-0.2, -0.15) is 0 Å². The first-order chi connectivity index (χ1) is 7.32. The Bertz CT molecular complexity index is 223. The van der Waals surface area contributed by atoms with Crippen LogP contribution in [-0.4, -0.2) is 36.6 Å². The second-order valence-electron chi connectivity index (χ2n) is 4.29. The van der Waals surface area contributed by atoms with Gasteiger partial charge in [-0.15, -0.1) is 0 Å². The third-order valence-electron chi connectivity index (χ3n) is 2.16. The third kappa shape index (κ3) is 5.97. The van der Waals surface area contributed by atoms with Gasteiger partial charge in [0.2, 0.25) is 5.91 Å². The lowest BCUT2D eigenvalue weighted by molar-refractivity contribution is -0.128. The van der Waals surface area contributed by atoms with E-state index in [1.165, 1.54) is 0 Å². The summed E-state index contributed by atoms with van der Waals surface area (Å²) in [5.41, 5.74) is 5.40. The lowest BCUT2D eigenvalue weighted by Gasteiger charge is -2.19. The minimum absolute atomic E-state index is 0.134. The summed E-state index contributed by atoms with van der Waals surface area (Å²) in [6.07, 6.45) is 0.563. The van der Waals surface area contributed by atoms with Gasteiger partial charge in [0, 0.05) is 6.54 Å². The molecule has 1 unspecified atom stereocenters. The summed E-state index contributed by atoms with van der Waals surface area (Å²) in [5.74, 6) is -3.93. The van der Waals surface area contributed by atoms with Gasteiger partial charge in [-0.3, -0.25) is 4.79 Å². The molecule has 0 radical (unpaired) electrons. The molecule has 0 heterocycles. The first kappa shape index (κ1) is 15.2.